The Labute approximate surface area is 177 Å². The standard InChI is InChI=1S/C21H19ClN4O2S/c1-26(20(28)16-13-29-19(25-16)18-23-11-6-12-24-18)21(10-5-4-9-17(21)27)14-7-2-3-8-15(14)22/h2-3,6-8,11-13H,4-5,9-10H2,1H3. The number of benzene rings is 1. The Balaban J connectivity index is 1.73. The van der Waals surface area contributed by atoms with Crippen molar-refractivity contribution in [1.29, 1.82) is 0 Å². The predicted octanol–water partition coefficient (Wildman–Crippen LogP) is 4.36. The molecule has 2 heterocycles. The van der Waals surface area contributed by atoms with E-state index in [1.54, 1.807) is 37.0 Å². The van der Waals surface area contributed by atoms with Gasteiger partial charge in [-0.25, -0.2) is 15.0 Å². The smallest absolute Gasteiger partial charge is 0.274 e. The summed E-state index contributed by atoms with van der Waals surface area (Å²) in [6.07, 6.45) is 5.88. The van der Waals surface area contributed by atoms with Crippen molar-refractivity contribution in [2.24, 2.45) is 0 Å². The van der Waals surface area contributed by atoms with Crippen molar-refractivity contribution in [2.45, 2.75) is 31.2 Å². The first kappa shape index (κ1) is 19.7. The minimum absolute atomic E-state index is 0.00884. The number of halogens is 1. The molecule has 1 amide bonds. The van der Waals surface area contributed by atoms with Gasteiger partial charge in [0.1, 0.15) is 11.2 Å². The van der Waals surface area contributed by atoms with Crippen LogP contribution in [-0.4, -0.2) is 38.6 Å². The van der Waals surface area contributed by atoms with E-state index in [-0.39, 0.29) is 17.4 Å². The third-order valence-electron chi connectivity index (χ3n) is 5.33. The first-order valence-corrected chi connectivity index (χ1v) is 10.6. The Morgan fingerprint density at radius 1 is 1.17 bits per heavy atom. The molecule has 1 aliphatic carbocycles. The zero-order valence-electron chi connectivity index (χ0n) is 15.8. The maximum Gasteiger partial charge on any atom is 0.274 e. The van der Waals surface area contributed by atoms with E-state index < -0.39 is 5.54 Å². The lowest BCUT2D eigenvalue weighted by Crippen LogP contribution is -2.54. The molecule has 1 unspecified atom stereocenters. The number of nitrogens with zero attached hydrogens (tertiary/aromatic N) is 4. The number of Topliss-reactive ketones (excluding diaryl/α,β-unsaturated/α-hetero) is 1. The molecule has 0 aliphatic heterocycles. The topological polar surface area (TPSA) is 76.1 Å². The summed E-state index contributed by atoms with van der Waals surface area (Å²) in [7, 11) is 1.66. The molecule has 0 bridgehead atoms. The lowest BCUT2D eigenvalue weighted by atomic mass is 9.74. The van der Waals surface area contributed by atoms with Crippen molar-refractivity contribution in [3.8, 4) is 10.8 Å². The molecule has 1 atom stereocenters. The molecule has 0 spiro atoms. The normalized spacial score (nSPS) is 19.2. The highest BCUT2D eigenvalue weighted by molar-refractivity contribution is 7.13. The largest absolute Gasteiger partial charge is 0.323 e. The van der Waals surface area contributed by atoms with Crippen LogP contribution in [0.1, 0.15) is 41.7 Å². The average molecular weight is 427 g/mol. The highest BCUT2D eigenvalue weighted by Crippen LogP contribution is 2.42. The monoisotopic (exact) mass is 426 g/mol. The third kappa shape index (κ3) is 3.45. The summed E-state index contributed by atoms with van der Waals surface area (Å²) < 4.78 is 0. The SMILES string of the molecule is CN(C(=O)c1csc(-c2ncccn2)n1)C1(c2ccccc2Cl)CCCCC1=O. The Morgan fingerprint density at radius 3 is 2.66 bits per heavy atom. The Hall–Kier alpha value is -2.64. The number of ketones is 1. The van der Waals surface area contributed by atoms with Gasteiger partial charge >= 0.3 is 0 Å². The Morgan fingerprint density at radius 2 is 1.93 bits per heavy atom. The molecule has 29 heavy (non-hydrogen) atoms. The Bertz CT molecular complexity index is 1060. The van der Waals surface area contributed by atoms with Gasteiger partial charge in [0.25, 0.3) is 5.91 Å². The summed E-state index contributed by atoms with van der Waals surface area (Å²) in [5.74, 6) is 0.155. The van der Waals surface area contributed by atoms with Gasteiger partial charge in [-0.3, -0.25) is 9.59 Å². The zero-order valence-corrected chi connectivity index (χ0v) is 17.4. The van der Waals surface area contributed by atoms with Crippen LogP contribution in [0.25, 0.3) is 10.8 Å². The molecule has 2 aromatic heterocycles. The summed E-state index contributed by atoms with van der Waals surface area (Å²) >= 11 is 7.77. The first-order valence-electron chi connectivity index (χ1n) is 9.33. The van der Waals surface area contributed by atoms with Crippen molar-refractivity contribution >= 4 is 34.6 Å². The van der Waals surface area contributed by atoms with Gasteiger partial charge in [0.15, 0.2) is 16.6 Å². The van der Waals surface area contributed by atoms with Gasteiger partial charge in [0.05, 0.1) is 0 Å². The molecule has 0 saturated heterocycles. The van der Waals surface area contributed by atoms with Gasteiger partial charge in [-0.05, 0) is 31.4 Å². The second-order valence-electron chi connectivity index (χ2n) is 6.94. The number of thiazole rings is 1. The van der Waals surface area contributed by atoms with Gasteiger partial charge in [0.2, 0.25) is 0 Å². The van der Waals surface area contributed by atoms with Crippen LogP contribution in [0.2, 0.25) is 5.02 Å². The lowest BCUT2D eigenvalue weighted by molar-refractivity contribution is -0.132. The molecular weight excluding hydrogens is 408 g/mol. The zero-order chi connectivity index (χ0) is 20.4. The second-order valence-corrected chi connectivity index (χ2v) is 8.21. The minimum Gasteiger partial charge on any atom is -0.323 e. The van der Waals surface area contributed by atoms with E-state index in [0.717, 1.165) is 12.8 Å². The summed E-state index contributed by atoms with van der Waals surface area (Å²) in [5.41, 5.74) is -0.144. The van der Waals surface area contributed by atoms with E-state index in [1.807, 2.05) is 18.2 Å². The summed E-state index contributed by atoms with van der Waals surface area (Å²) in [4.78, 5) is 40.8. The number of rotatable bonds is 4. The molecular formula is C21H19ClN4O2S. The van der Waals surface area contributed by atoms with E-state index in [0.29, 0.717) is 34.3 Å². The fraction of sp³-hybridized carbons (Fsp3) is 0.286. The molecule has 4 rings (SSSR count). The number of likely N-dealkylation sites (N-methyl/N-ethyl adjacent to an activating group) is 1. The Kier molecular flexibility index (Phi) is 5.43. The molecule has 148 valence electrons. The van der Waals surface area contributed by atoms with E-state index >= 15 is 0 Å². The van der Waals surface area contributed by atoms with Crippen LogP contribution in [0.4, 0.5) is 0 Å². The summed E-state index contributed by atoms with van der Waals surface area (Å²) in [6, 6.07) is 8.98. The maximum absolute atomic E-state index is 13.4. The number of carbonyl (C=O) groups excluding carboxylic acids is 2. The van der Waals surface area contributed by atoms with Gasteiger partial charge in [-0.2, -0.15) is 0 Å². The predicted molar refractivity (Wildman–Crippen MR) is 112 cm³/mol. The molecule has 8 heteroatoms. The first-order chi connectivity index (χ1) is 14.0. The number of aromatic nitrogens is 3. The number of hydrogen-bond donors (Lipinski definition) is 0. The van der Waals surface area contributed by atoms with Crippen LogP contribution in [0, 0.1) is 0 Å². The van der Waals surface area contributed by atoms with E-state index in [4.69, 9.17) is 11.6 Å². The van der Waals surface area contributed by atoms with E-state index in [1.165, 1.54) is 16.2 Å². The van der Waals surface area contributed by atoms with Crippen molar-refractivity contribution in [3.63, 3.8) is 0 Å². The number of amides is 1. The number of carbonyl (C=O) groups is 2. The molecule has 1 aliphatic rings. The quantitative estimate of drug-likeness (QED) is 0.619. The molecule has 3 aromatic rings. The lowest BCUT2D eigenvalue weighted by Gasteiger charge is -2.43. The van der Waals surface area contributed by atoms with Crippen molar-refractivity contribution in [3.05, 3.63) is 64.4 Å². The fourth-order valence-corrected chi connectivity index (χ4v) is 4.89. The molecule has 6 nitrogen and oxygen atoms in total. The molecule has 0 N–H and O–H groups in total. The molecule has 1 aromatic carbocycles. The highest BCUT2D eigenvalue weighted by Gasteiger charge is 2.48. The summed E-state index contributed by atoms with van der Waals surface area (Å²) in [6.45, 7) is 0. The summed E-state index contributed by atoms with van der Waals surface area (Å²) in [5, 5.41) is 2.72. The van der Waals surface area contributed by atoms with Crippen LogP contribution in [0.15, 0.2) is 48.1 Å². The minimum atomic E-state index is -1.08. The van der Waals surface area contributed by atoms with Gasteiger partial charge in [-0.1, -0.05) is 29.8 Å². The maximum atomic E-state index is 13.4. The highest BCUT2D eigenvalue weighted by atomic mass is 35.5. The molecule has 0 radical (unpaired) electrons. The fourth-order valence-electron chi connectivity index (χ4n) is 3.86. The van der Waals surface area contributed by atoms with Gasteiger partial charge in [0, 0.05) is 41.8 Å². The van der Waals surface area contributed by atoms with E-state index in [9.17, 15) is 9.59 Å². The van der Waals surface area contributed by atoms with Crippen LogP contribution in [0.5, 0.6) is 0 Å². The van der Waals surface area contributed by atoms with Gasteiger partial charge in [-0.15, -0.1) is 11.3 Å². The van der Waals surface area contributed by atoms with Crippen molar-refractivity contribution < 1.29 is 9.59 Å². The van der Waals surface area contributed by atoms with Crippen LogP contribution in [0.3, 0.4) is 0 Å². The van der Waals surface area contributed by atoms with Crippen molar-refractivity contribution in [1.82, 2.24) is 19.9 Å². The number of hydrogen-bond acceptors (Lipinski definition) is 6. The van der Waals surface area contributed by atoms with E-state index in [2.05, 4.69) is 15.0 Å². The second kappa shape index (κ2) is 8.00. The van der Waals surface area contributed by atoms with Gasteiger partial charge < -0.3 is 4.90 Å². The molecule has 1 saturated carbocycles. The third-order valence-corrected chi connectivity index (χ3v) is 6.50. The van der Waals surface area contributed by atoms with Crippen LogP contribution >= 0.6 is 22.9 Å². The van der Waals surface area contributed by atoms with Crippen LogP contribution in [-0.2, 0) is 10.3 Å². The van der Waals surface area contributed by atoms with Crippen LogP contribution < -0.4 is 0 Å². The van der Waals surface area contributed by atoms with Crippen molar-refractivity contribution in [2.75, 3.05) is 7.05 Å². The average Bonchev–Trinajstić information content (AvgIpc) is 3.25. The molecule has 1 fully saturated rings.